The summed E-state index contributed by atoms with van der Waals surface area (Å²) in [7, 11) is 0. The van der Waals surface area contributed by atoms with Crippen molar-refractivity contribution >= 4 is 29.7 Å². The molecule has 0 aromatic heterocycles. The maximum absolute atomic E-state index is 5.73. The summed E-state index contributed by atoms with van der Waals surface area (Å²) in [5.74, 6) is 0. The van der Waals surface area contributed by atoms with Crippen LogP contribution in [-0.4, -0.2) is 13.2 Å². The van der Waals surface area contributed by atoms with Gasteiger partial charge in [-0.3, -0.25) is 0 Å². The molecule has 188 valence electrons. The predicted octanol–water partition coefficient (Wildman–Crippen LogP) is 10.4. The van der Waals surface area contributed by atoms with Crippen LogP contribution in [0.3, 0.4) is 0 Å². The Bertz CT molecular complexity index is 362. The minimum atomic E-state index is -2.44. The molecule has 0 saturated heterocycles. The molecule has 0 fully saturated rings. The Morgan fingerprint density at radius 2 is 0.677 bits per heavy atom. The first kappa shape index (κ1) is 31.9. The van der Waals surface area contributed by atoms with Gasteiger partial charge in [-0.2, -0.15) is 0 Å². The van der Waals surface area contributed by atoms with E-state index in [1.54, 1.807) is 0 Å². The van der Waals surface area contributed by atoms with E-state index in [-0.39, 0.29) is 0 Å². The molecule has 0 atom stereocenters. The molecule has 0 rings (SSSR count). The highest BCUT2D eigenvalue weighted by Gasteiger charge is 2.02. The Morgan fingerprint density at radius 1 is 0.452 bits per heavy atom. The summed E-state index contributed by atoms with van der Waals surface area (Å²) in [6, 6.07) is 0. The summed E-state index contributed by atoms with van der Waals surface area (Å²) in [5, 5.41) is 0. The minimum Gasteiger partial charge on any atom is -0.691 e. The summed E-state index contributed by atoms with van der Waals surface area (Å²) < 4.78 is 11.5. The van der Waals surface area contributed by atoms with Gasteiger partial charge in [0.15, 0.2) is 0 Å². The van der Waals surface area contributed by atoms with Gasteiger partial charge in [0.05, 0.1) is 18.9 Å². The third-order valence-electron chi connectivity index (χ3n) is 5.99. The molecular formula is C26H54O2PS2-. The molecule has 31 heavy (non-hydrogen) atoms. The lowest BCUT2D eigenvalue weighted by molar-refractivity contribution is 0.249. The van der Waals surface area contributed by atoms with Crippen molar-refractivity contribution in [2.24, 2.45) is 0 Å². The van der Waals surface area contributed by atoms with E-state index in [4.69, 9.17) is 33.1 Å². The number of rotatable bonds is 26. The molecule has 0 amide bonds. The topological polar surface area (TPSA) is 18.5 Å². The van der Waals surface area contributed by atoms with Crippen molar-refractivity contribution in [3.8, 4) is 0 Å². The fourth-order valence-electron chi connectivity index (χ4n) is 3.92. The largest absolute Gasteiger partial charge is 0.691 e. The molecular weight excluding hydrogens is 439 g/mol. The lowest BCUT2D eigenvalue weighted by Crippen LogP contribution is -1.97. The van der Waals surface area contributed by atoms with Gasteiger partial charge >= 0.3 is 0 Å². The smallest absolute Gasteiger partial charge is 0.0563 e. The van der Waals surface area contributed by atoms with Crippen LogP contribution in [0, 0.1) is 0 Å². The molecule has 5 heteroatoms. The maximum Gasteiger partial charge on any atom is 0.0563 e. The van der Waals surface area contributed by atoms with Crippen LogP contribution in [0.15, 0.2) is 0 Å². The summed E-state index contributed by atoms with van der Waals surface area (Å²) in [4.78, 5) is 0. The van der Waals surface area contributed by atoms with Crippen LogP contribution in [0.1, 0.15) is 155 Å². The van der Waals surface area contributed by atoms with E-state index in [2.05, 4.69) is 13.8 Å². The van der Waals surface area contributed by atoms with Crippen LogP contribution < -0.4 is 0 Å². The molecule has 0 spiro atoms. The first-order chi connectivity index (χ1) is 15.1. The van der Waals surface area contributed by atoms with Crippen LogP contribution >= 0.6 is 5.69 Å². The average molecular weight is 494 g/mol. The standard InChI is InChI=1S/C26H55O2PS2/c1-3-5-7-9-11-13-15-17-19-21-23-25-27-29(30,31)28-26-24-22-20-18-16-14-12-10-8-6-4-2/h3-26H2,1-2H3,(H,30,31)/p-1. The second-order valence-corrected chi connectivity index (χ2v) is 14.2. The highest BCUT2D eigenvalue weighted by atomic mass is 32.9. The van der Waals surface area contributed by atoms with Crippen LogP contribution in [0.5, 0.6) is 0 Å². The van der Waals surface area contributed by atoms with Crippen molar-refractivity contribution in [1.82, 2.24) is 0 Å². The zero-order valence-electron chi connectivity index (χ0n) is 21.1. The second kappa shape index (κ2) is 25.5. The van der Waals surface area contributed by atoms with Gasteiger partial charge in [-0.15, -0.1) is 0 Å². The molecule has 0 unspecified atom stereocenters. The Kier molecular flexibility index (Phi) is 26.3. The van der Waals surface area contributed by atoms with Gasteiger partial charge in [0.25, 0.3) is 0 Å². The van der Waals surface area contributed by atoms with Crippen molar-refractivity contribution in [1.29, 1.82) is 0 Å². The molecule has 0 bridgehead atoms. The summed E-state index contributed by atoms with van der Waals surface area (Å²) in [5.41, 5.74) is -2.44. The average Bonchev–Trinajstić information content (AvgIpc) is 2.75. The van der Waals surface area contributed by atoms with Gasteiger partial charge in [0.1, 0.15) is 0 Å². The Balaban J connectivity index is 3.30. The van der Waals surface area contributed by atoms with Crippen LogP contribution in [0.2, 0.25) is 0 Å². The van der Waals surface area contributed by atoms with E-state index in [0.29, 0.717) is 13.2 Å². The van der Waals surface area contributed by atoms with Crippen molar-refractivity contribution in [3.63, 3.8) is 0 Å². The van der Waals surface area contributed by atoms with Crippen LogP contribution in [0.4, 0.5) is 0 Å². The third kappa shape index (κ3) is 27.0. The van der Waals surface area contributed by atoms with Crippen molar-refractivity contribution < 1.29 is 9.05 Å². The van der Waals surface area contributed by atoms with Crippen molar-refractivity contribution in [3.05, 3.63) is 0 Å². The fraction of sp³-hybridized carbons (Fsp3) is 1.00. The van der Waals surface area contributed by atoms with E-state index < -0.39 is 5.69 Å². The van der Waals surface area contributed by atoms with E-state index in [1.165, 1.54) is 128 Å². The highest BCUT2D eigenvalue weighted by molar-refractivity contribution is 8.51. The van der Waals surface area contributed by atoms with Gasteiger partial charge in [-0.05, 0) is 12.8 Å². The predicted molar refractivity (Wildman–Crippen MR) is 146 cm³/mol. The first-order valence-corrected chi connectivity index (χ1v) is 17.4. The molecule has 0 N–H and O–H groups in total. The Labute approximate surface area is 206 Å². The van der Waals surface area contributed by atoms with E-state index in [1.807, 2.05) is 0 Å². The van der Waals surface area contributed by atoms with E-state index in [0.717, 1.165) is 12.8 Å². The van der Waals surface area contributed by atoms with Gasteiger partial charge in [-0.1, -0.05) is 154 Å². The maximum atomic E-state index is 5.73. The summed E-state index contributed by atoms with van der Waals surface area (Å²) in [6.07, 6.45) is 29.4. The minimum absolute atomic E-state index is 0.677. The molecule has 0 aliphatic heterocycles. The van der Waals surface area contributed by atoms with Crippen molar-refractivity contribution in [2.45, 2.75) is 155 Å². The van der Waals surface area contributed by atoms with E-state index in [9.17, 15) is 0 Å². The number of hydrogen-bond donors (Lipinski definition) is 0. The Morgan fingerprint density at radius 3 is 0.935 bits per heavy atom. The molecule has 0 saturated carbocycles. The summed E-state index contributed by atoms with van der Waals surface area (Å²) in [6.45, 7) is 5.91. The first-order valence-electron chi connectivity index (χ1n) is 13.7. The number of hydrogen-bond acceptors (Lipinski definition) is 4. The lowest BCUT2D eigenvalue weighted by Gasteiger charge is -2.28. The zero-order chi connectivity index (χ0) is 22.9. The molecule has 0 aromatic rings. The SMILES string of the molecule is CCCCCCCCCCCCCOP(=S)([S-])OCCCCCCCCCCCCC. The van der Waals surface area contributed by atoms with Crippen LogP contribution in [-0.2, 0) is 33.1 Å². The number of unbranched alkanes of at least 4 members (excludes halogenated alkanes) is 20. The quantitative estimate of drug-likeness (QED) is 0.0677. The van der Waals surface area contributed by atoms with Crippen molar-refractivity contribution in [2.75, 3.05) is 13.2 Å². The van der Waals surface area contributed by atoms with Gasteiger partial charge < -0.3 is 21.3 Å². The normalized spacial score (nSPS) is 12.0. The van der Waals surface area contributed by atoms with Crippen LogP contribution in [0.25, 0.3) is 0 Å². The molecule has 0 aliphatic rings. The second-order valence-electron chi connectivity index (χ2n) is 9.18. The highest BCUT2D eigenvalue weighted by Crippen LogP contribution is 2.46. The third-order valence-corrected chi connectivity index (χ3v) is 8.26. The van der Waals surface area contributed by atoms with Gasteiger partial charge in [0.2, 0.25) is 0 Å². The fourth-order valence-corrected chi connectivity index (χ4v) is 5.60. The monoisotopic (exact) mass is 493 g/mol. The molecule has 0 heterocycles. The van der Waals surface area contributed by atoms with E-state index >= 15 is 0 Å². The zero-order valence-corrected chi connectivity index (χ0v) is 23.6. The van der Waals surface area contributed by atoms with Gasteiger partial charge in [0, 0.05) is 0 Å². The molecule has 2 nitrogen and oxygen atoms in total. The summed E-state index contributed by atoms with van der Waals surface area (Å²) >= 11 is 10.8. The molecule has 0 aromatic carbocycles. The molecule has 0 radical (unpaired) electrons. The lowest BCUT2D eigenvalue weighted by atomic mass is 10.1. The van der Waals surface area contributed by atoms with Gasteiger partial charge in [-0.25, -0.2) is 0 Å². The molecule has 0 aliphatic carbocycles. The Hall–Kier alpha value is 0.920.